The summed E-state index contributed by atoms with van der Waals surface area (Å²) in [5.74, 6) is 0.275. The highest BCUT2D eigenvalue weighted by molar-refractivity contribution is 5.85. The second-order valence-electron chi connectivity index (χ2n) is 6.85. The van der Waals surface area contributed by atoms with Crippen molar-refractivity contribution in [1.82, 2.24) is 15.3 Å². The van der Waals surface area contributed by atoms with Crippen LogP contribution < -0.4 is 20.3 Å². The Morgan fingerprint density at radius 1 is 1.26 bits per heavy atom. The average Bonchev–Trinajstić information content (AvgIpc) is 2.80. The van der Waals surface area contributed by atoms with Crippen LogP contribution in [0.3, 0.4) is 0 Å². The van der Waals surface area contributed by atoms with Crippen LogP contribution in [0.25, 0.3) is 11.3 Å². The van der Waals surface area contributed by atoms with E-state index in [9.17, 15) is 14.4 Å². The highest BCUT2D eigenvalue weighted by atomic mass is 19.1. The maximum absolute atomic E-state index is 13.9. The van der Waals surface area contributed by atoms with Crippen molar-refractivity contribution in [2.45, 2.75) is 0 Å². The van der Waals surface area contributed by atoms with E-state index in [1.165, 1.54) is 19.2 Å². The molecule has 0 atom stereocenters. The number of halogens is 1. The molecule has 1 fully saturated rings. The molecule has 31 heavy (non-hydrogen) atoms. The van der Waals surface area contributed by atoms with Crippen molar-refractivity contribution in [2.24, 2.45) is 0 Å². The van der Waals surface area contributed by atoms with Crippen LogP contribution in [0.15, 0.2) is 48.7 Å². The second kappa shape index (κ2) is 8.67. The van der Waals surface area contributed by atoms with Crippen LogP contribution in [0.5, 0.6) is 5.75 Å². The lowest BCUT2D eigenvalue weighted by atomic mass is 10.1. The monoisotopic (exact) mass is 418 g/mol. The summed E-state index contributed by atoms with van der Waals surface area (Å²) in [6.07, 6.45) is 1.60. The zero-order valence-electron chi connectivity index (χ0n) is 16.7. The number of aromatic nitrogens is 2. The number of amides is 1. The summed E-state index contributed by atoms with van der Waals surface area (Å²) >= 11 is 0. The first-order valence-corrected chi connectivity index (χ1v) is 9.57. The molecule has 2 heterocycles. The molecule has 8 nitrogen and oxygen atoms in total. The molecule has 0 aliphatic carbocycles. The van der Waals surface area contributed by atoms with Crippen molar-refractivity contribution in [3.63, 3.8) is 0 Å². The minimum absolute atomic E-state index is 0.118. The van der Waals surface area contributed by atoms with Gasteiger partial charge in [0.15, 0.2) is 0 Å². The van der Waals surface area contributed by atoms with Gasteiger partial charge in [0.25, 0.3) is 0 Å². The molecular weight excluding hydrogens is 399 g/mol. The van der Waals surface area contributed by atoms with Gasteiger partial charge in [0.05, 0.1) is 36.3 Å². The zero-order chi connectivity index (χ0) is 21.8. The fraction of sp³-hybridized carbons (Fsp3) is 0.182. The molecule has 0 bridgehead atoms. The normalized spacial score (nSPS) is 13.3. The Labute approximate surface area is 178 Å². The van der Waals surface area contributed by atoms with Crippen LogP contribution >= 0.6 is 0 Å². The maximum atomic E-state index is 13.9. The summed E-state index contributed by atoms with van der Waals surface area (Å²) in [6.45, 7) is 1.19. The molecule has 0 spiro atoms. The van der Waals surface area contributed by atoms with Crippen molar-refractivity contribution in [2.75, 3.05) is 37.0 Å². The minimum atomic E-state index is -0.400. The fourth-order valence-electron chi connectivity index (χ4n) is 3.37. The third kappa shape index (κ3) is 4.38. The molecule has 1 amide bonds. The molecule has 1 aliphatic rings. The molecule has 156 valence electrons. The molecule has 4 rings (SSSR count). The zero-order valence-corrected chi connectivity index (χ0v) is 16.7. The van der Waals surface area contributed by atoms with Crippen molar-refractivity contribution in [1.29, 1.82) is 5.26 Å². The van der Waals surface area contributed by atoms with E-state index in [1.807, 2.05) is 0 Å². The van der Waals surface area contributed by atoms with Crippen LogP contribution in [0.1, 0.15) is 5.56 Å². The lowest BCUT2D eigenvalue weighted by molar-refractivity contribution is -0.120. The minimum Gasteiger partial charge on any atom is -0.495 e. The SMILES string of the molecule is COc1ccc(-c2ccnc(Nc3ccc(F)cc3N3CCNC(=O)C3)n2)cc1C#N. The standard InChI is InChI=1S/C22H19FN6O2/c1-31-20-5-2-14(10-15(20)12-24)17-6-7-26-22(27-17)28-18-4-3-16(23)11-19(18)29-9-8-25-21(30)13-29/h2-7,10-11H,8-9,13H2,1H3,(H,25,30)(H,26,27,28). The van der Waals surface area contributed by atoms with Crippen LogP contribution in [-0.4, -0.2) is 42.6 Å². The van der Waals surface area contributed by atoms with Crippen molar-refractivity contribution < 1.29 is 13.9 Å². The van der Waals surface area contributed by atoms with Gasteiger partial charge in [-0.05, 0) is 42.5 Å². The molecule has 2 aromatic carbocycles. The summed E-state index contributed by atoms with van der Waals surface area (Å²) in [6, 6.07) is 13.4. The predicted molar refractivity (Wildman–Crippen MR) is 114 cm³/mol. The summed E-state index contributed by atoms with van der Waals surface area (Å²) in [5, 5.41) is 15.2. The van der Waals surface area contributed by atoms with Gasteiger partial charge in [-0.25, -0.2) is 14.4 Å². The Balaban J connectivity index is 1.65. The van der Waals surface area contributed by atoms with Crippen LogP contribution in [-0.2, 0) is 4.79 Å². The number of rotatable bonds is 5. The quantitative estimate of drug-likeness (QED) is 0.657. The van der Waals surface area contributed by atoms with Crippen molar-refractivity contribution >= 4 is 23.2 Å². The van der Waals surface area contributed by atoms with Gasteiger partial charge in [0, 0.05) is 24.8 Å². The number of nitriles is 1. The van der Waals surface area contributed by atoms with Gasteiger partial charge in [-0.15, -0.1) is 0 Å². The Kier molecular flexibility index (Phi) is 5.62. The van der Waals surface area contributed by atoms with Crippen LogP contribution in [0, 0.1) is 17.1 Å². The number of ether oxygens (including phenoxy) is 1. The topological polar surface area (TPSA) is 103 Å². The van der Waals surface area contributed by atoms with Crippen molar-refractivity contribution in [3.05, 3.63) is 60.0 Å². The highest BCUT2D eigenvalue weighted by Gasteiger charge is 2.20. The largest absolute Gasteiger partial charge is 0.495 e. The molecule has 0 radical (unpaired) electrons. The Bertz CT molecular complexity index is 1180. The Hall–Kier alpha value is -4.19. The van der Waals surface area contributed by atoms with E-state index in [0.717, 1.165) is 5.56 Å². The van der Waals surface area contributed by atoms with Crippen LogP contribution in [0.4, 0.5) is 21.7 Å². The average molecular weight is 418 g/mol. The number of anilines is 3. The van der Waals surface area contributed by atoms with E-state index in [2.05, 4.69) is 26.7 Å². The van der Waals surface area contributed by atoms with Gasteiger partial charge >= 0.3 is 0 Å². The molecule has 1 aliphatic heterocycles. The number of nitrogens with zero attached hydrogens (tertiary/aromatic N) is 4. The fourth-order valence-corrected chi connectivity index (χ4v) is 3.37. The summed E-state index contributed by atoms with van der Waals surface area (Å²) in [4.78, 5) is 22.4. The third-order valence-corrected chi connectivity index (χ3v) is 4.86. The number of piperazine rings is 1. The van der Waals surface area contributed by atoms with Gasteiger partial charge in [-0.3, -0.25) is 4.79 Å². The van der Waals surface area contributed by atoms with Gasteiger partial charge in [-0.1, -0.05) is 0 Å². The maximum Gasteiger partial charge on any atom is 0.239 e. The number of hydrogen-bond donors (Lipinski definition) is 2. The van der Waals surface area contributed by atoms with Gasteiger partial charge in [0.1, 0.15) is 17.6 Å². The molecular formula is C22H19FN6O2. The number of carbonyl (C=O) groups excluding carboxylic acids is 1. The molecule has 2 N–H and O–H groups in total. The highest BCUT2D eigenvalue weighted by Crippen LogP contribution is 2.30. The lowest BCUT2D eigenvalue weighted by Gasteiger charge is -2.30. The Morgan fingerprint density at radius 3 is 2.90 bits per heavy atom. The van der Waals surface area contributed by atoms with E-state index in [-0.39, 0.29) is 12.5 Å². The molecule has 0 unspecified atom stereocenters. The Morgan fingerprint density at radius 2 is 2.13 bits per heavy atom. The lowest BCUT2D eigenvalue weighted by Crippen LogP contribution is -2.47. The summed E-state index contributed by atoms with van der Waals surface area (Å²) < 4.78 is 19.1. The summed E-state index contributed by atoms with van der Waals surface area (Å²) in [7, 11) is 1.51. The number of carbonyl (C=O) groups is 1. The molecule has 3 aromatic rings. The van der Waals surface area contributed by atoms with Gasteiger partial charge in [-0.2, -0.15) is 5.26 Å². The first-order valence-electron chi connectivity index (χ1n) is 9.57. The molecule has 1 saturated heterocycles. The predicted octanol–water partition coefficient (Wildman–Crippen LogP) is 2.84. The first-order chi connectivity index (χ1) is 15.1. The van der Waals surface area contributed by atoms with E-state index < -0.39 is 5.82 Å². The number of nitrogens with one attached hydrogen (secondary N) is 2. The van der Waals surface area contributed by atoms with Gasteiger partial charge < -0.3 is 20.3 Å². The van der Waals surface area contributed by atoms with E-state index in [4.69, 9.17) is 4.74 Å². The van der Waals surface area contributed by atoms with E-state index in [1.54, 1.807) is 41.4 Å². The van der Waals surface area contributed by atoms with Crippen molar-refractivity contribution in [3.8, 4) is 23.1 Å². The molecule has 9 heteroatoms. The number of methoxy groups -OCH3 is 1. The van der Waals surface area contributed by atoms with E-state index >= 15 is 0 Å². The molecule has 0 saturated carbocycles. The number of hydrogen-bond acceptors (Lipinski definition) is 7. The summed E-state index contributed by atoms with van der Waals surface area (Å²) in [5.41, 5.74) is 2.88. The first kappa shape index (κ1) is 20.1. The van der Waals surface area contributed by atoms with Gasteiger partial charge in [0.2, 0.25) is 11.9 Å². The van der Waals surface area contributed by atoms with Crippen LogP contribution in [0.2, 0.25) is 0 Å². The second-order valence-corrected chi connectivity index (χ2v) is 6.85. The smallest absolute Gasteiger partial charge is 0.239 e. The molecule has 1 aromatic heterocycles. The third-order valence-electron chi connectivity index (χ3n) is 4.86. The van der Waals surface area contributed by atoms with E-state index in [0.29, 0.717) is 47.4 Å². The number of benzene rings is 2.